The van der Waals surface area contributed by atoms with Crippen LogP contribution >= 0.6 is 0 Å². The molecule has 1 saturated heterocycles. The lowest BCUT2D eigenvalue weighted by molar-refractivity contribution is -0.142. The van der Waals surface area contributed by atoms with Crippen molar-refractivity contribution in [2.24, 2.45) is 5.92 Å². The first-order valence-electron chi connectivity index (χ1n) is 6.96. The monoisotopic (exact) mass is 301 g/mol. The highest BCUT2D eigenvalue weighted by molar-refractivity contribution is 5.77. The number of aliphatic carboxylic acids is 2. The van der Waals surface area contributed by atoms with Gasteiger partial charge in [-0.15, -0.1) is 0 Å². The average molecular weight is 301 g/mol. The fourth-order valence-corrected chi connectivity index (χ4v) is 3.00. The van der Waals surface area contributed by atoms with Crippen LogP contribution in [-0.4, -0.2) is 44.7 Å². The lowest BCUT2D eigenvalue weighted by atomic mass is 9.85. The van der Waals surface area contributed by atoms with E-state index < -0.39 is 23.9 Å². The van der Waals surface area contributed by atoms with Gasteiger partial charge < -0.3 is 15.5 Å². The van der Waals surface area contributed by atoms with Crippen LogP contribution in [0.2, 0.25) is 0 Å². The minimum atomic E-state index is -1.04. The topological polar surface area (TPSA) is 112 Å². The zero-order valence-corrected chi connectivity index (χ0v) is 11.6. The van der Waals surface area contributed by atoms with Gasteiger partial charge in [-0.3, -0.25) is 14.6 Å². The van der Waals surface area contributed by atoms with Crippen molar-refractivity contribution in [3.05, 3.63) is 36.2 Å². The van der Waals surface area contributed by atoms with Gasteiger partial charge in [0, 0.05) is 24.6 Å². The lowest BCUT2D eigenvalue weighted by Gasteiger charge is -2.19. The molecule has 0 saturated carbocycles. The minimum Gasteiger partial charge on any atom is -0.481 e. The van der Waals surface area contributed by atoms with Crippen molar-refractivity contribution >= 4 is 23.0 Å². The van der Waals surface area contributed by atoms with Crippen molar-refractivity contribution in [3.63, 3.8) is 0 Å². The number of hydrogen-bond acceptors (Lipinski definition) is 5. The standard InChI is InChI=1S/C15H15N3O4/c19-13(20)5-8-9(6-17-14(8)15(21)22)12-7-16-10-3-1-2-4-11(10)18-12/h1-4,7-9,14,17H,5-6H2,(H,19,20)(H,21,22)/t8-,9+,14-/m0/s1. The number of carboxylic acid groups (broad SMARTS) is 2. The molecule has 1 aliphatic rings. The summed E-state index contributed by atoms with van der Waals surface area (Å²) in [6, 6.07) is 6.50. The van der Waals surface area contributed by atoms with Crippen LogP contribution < -0.4 is 5.32 Å². The molecule has 0 unspecified atom stereocenters. The molecular formula is C15H15N3O4. The van der Waals surface area contributed by atoms with Gasteiger partial charge in [-0.25, -0.2) is 4.98 Å². The van der Waals surface area contributed by atoms with Gasteiger partial charge in [0.15, 0.2) is 0 Å². The molecule has 3 N–H and O–H groups in total. The van der Waals surface area contributed by atoms with Crippen molar-refractivity contribution in [2.75, 3.05) is 6.54 Å². The van der Waals surface area contributed by atoms with Gasteiger partial charge in [-0.1, -0.05) is 12.1 Å². The van der Waals surface area contributed by atoms with Crippen LogP contribution in [-0.2, 0) is 9.59 Å². The molecule has 22 heavy (non-hydrogen) atoms. The third-order valence-corrected chi connectivity index (χ3v) is 4.03. The van der Waals surface area contributed by atoms with E-state index in [1.807, 2.05) is 24.3 Å². The molecule has 0 radical (unpaired) electrons. The maximum absolute atomic E-state index is 11.3. The van der Waals surface area contributed by atoms with E-state index in [0.717, 1.165) is 5.52 Å². The Bertz CT molecular complexity index is 734. The molecule has 2 aromatic rings. The number of hydrogen-bond donors (Lipinski definition) is 3. The molecule has 1 aromatic heterocycles. The van der Waals surface area contributed by atoms with E-state index in [2.05, 4.69) is 15.3 Å². The van der Waals surface area contributed by atoms with Gasteiger partial charge in [0.05, 0.1) is 23.1 Å². The van der Waals surface area contributed by atoms with Gasteiger partial charge in [-0.05, 0) is 12.1 Å². The molecule has 0 bridgehead atoms. The van der Waals surface area contributed by atoms with Crippen molar-refractivity contribution in [3.8, 4) is 0 Å². The molecule has 2 heterocycles. The maximum atomic E-state index is 11.3. The largest absolute Gasteiger partial charge is 0.481 e. The summed E-state index contributed by atoms with van der Waals surface area (Å²) >= 11 is 0. The predicted octanol–water partition coefficient (Wildman–Crippen LogP) is 0.861. The summed E-state index contributed by atoms with van der Waals surface area (Å²) in [4.78, 5) is 31.2. The van der Waals surface area contributed by atoms with E-state index in [4.69, 9.17) is 5.11 Å². The first kappa shape index (κ1) is 14.4. The highest BCUT2D eigenvalue weighted by atomic mass is 16.4. The summed E-state index contributed by atoms with van der Waals surface area (Å²) in [6.07, 6.45) is 1.39. The van der Waals surface area contributed by atoms with E-state index in [1.54, 1.807) is 6.20 Å². The summed E-state index contributed by atoms with van der Waals surface area (Å²) < 4.78 is 0. The fraction of sp³-hybridized carbons (Fsp3) is 0.333. The van der Waals surface area contributed by atoms with E-state index in [9.17, 15) is 14.7 Å². The third kappa shape index (κ3) is 2.62. The highest BCUT2D eigenvalue weighted by Crippen LogP contribution is 2.33. The maximum Gasteiger partial charge on any atom is 0.321 e. The number of carbonyl (C=O) groups is 2. The lowest BCUT2D eigenvalue weighted by Crippen LogP contribution is -2.36. The van der Waals surface area contributed by atoms with Gasteiger partial charge in [-0.2, -0.15) is 0 Å². The normalized spacial score (nSPS) is 24.5. The Morgan fingerprint density at radius 3 is 2.64 bits per heavy atom. The second kappa shape index (κ2) is 5.69. The number of aromatic nitrogens is 2. The van der Waals surface area contributed by atoms with E-state index >= 15 is 0 Å². The highest BCUT2D eigenvalue weighted by Gasteiger charge is 2.42. The Morgan fingerprint density at radius 1 is 1.23 bits per heavy atom. The Labute approximate surface area is 126 Å². The van der Waals surface area contributed by atoms with Crippen molar-refractivity contribution in [2.45, 2.75) is 18.4 Å². The molecule has 0 amide bonds. The van der Waals surface area contributed by atoms with Crippen LogP contribution in [0, 0.1) is 5.92 Å². The van der Waals surface area contributed by atoms with Crippen LogP contribution in [0.1, 0.15) is 18.0 Å². The van der Waals surface area contributed by atoms with E-state index in [0.29, 0.717) is 17.8 Å². The molecule has 3 atom stereocenters. The molecule has 7 heteroatoms. The third-order valence-electron chi connectivity index (χ3n) is 4.03. The Hall–Kier alpha value is -2.54. The second-order valence-corrected chi connectivity index (χ2v) is 5.38. The first-order chi connectivity index (χ1) is 10.6. The summed E-state index contributed by atoms with van der Waals surface area (Å²) in [7, 11) is 0. The van der Waals surface area contributed by atoms with Crippen molar-refractivity contribution < 1.29 is 19.8 Å². The van der Waals surface area contributed by atoms with Crippen LogP contribution in [0.4, 0.5) is 0 Å². The quantitative estimate of drug-likeness (QED) is 0.767. The van der Waals surface area contributed by atoms with E-state index in [1.165, 1.54) is 0 Å². The summed E-state index contributed by atoms with van der Waals surface area (Å²) in [5.41, 5.74) is 2.09. The van der Waals surface area contributed by atoms with Crippen molar-refractivity contribution in [1.82, 2.24) is 15.3 Å². The van der Waals surface area contributed by atoms with E-state index in [-0.39, 0.29) is 12.3 Å². The Morgan fingerprint density at radius 2 is 1.95 bits per heavy atom. The summed E-state index contributed by atoms with van der Waals surface area (Å²) in [5.74, 6) is -2.89. The van der Waals surface area contributed by atoms with Crippen LogP contribution in [0.5, 0.6) is 0 Å². The minimum absolute atomic E-state index is 0.219. The molecular weight excluding hydrogens is 286 g/mol. The average Bonchev–Trinajstić information content (AvgIpc) is 2.89. The van der Waals surface area contributed by atoms with Gasteiger partial charge >= 0.3 is 11.9 Å². The zero-order chi connectivity index (χ0) is 15.7. The van der Waals surface area contributed by atoms with Gasteiger partial charge in [0.2, 0.25) is 0 Å². The van der Waals surface area contributed by atoms with Gasteiger partial charge in [0.25, 0.3) is 0 Å². The zero-order valence-electron chi connectivity index (χ0n) is 11.6. The number of nitrogens with one attached hydrogen (secondary N) is 1. The molecule has 1 aromatic carbocycles. The van der Waals surface area contributed by atoms with Crippen molar-refractivity contribution in [1.29, 1.82) is 0 Å². The molecule has 1 aliphatic heterocycles. The van der Waals surface area contributed by atoms with Crippen LogP contribution in [0.15, 0.2) is 30.5 Å². The number of carboxylic acids is 2. The molecule has 114 valence electrons. The smallest absolute Gasteiger partial charge is 0.321 e. The van der Waals surface area contributed by atoms with Crippen LogP contribution in [0.3, 0.4) is 0 Å². The first-order valence-corrected chi connectivity index (χ1v) is 6.96. The van der Waals surface area contributed by atoms with Crippen LogP contribution in [0.25, 0.3) is 11.0 Å². The number of para-hydroxylation sites is 2. The SMILES string of the molecule is O=C(O)C[C@@H]1[C@@H](C(=O)O)NC[C@H]1c1cnc2ccccc2n1. The molecule has 7 nitrogen and oxygen atoms in total. The van der Waals surface area contributed by atoms with Gasteiger partial charge in [0.1, 0.15) is 6.04 Å². The predicted molar refractivity (Wildman–Crippen MR) is 77.4 cm³/mol. The number of fused-ring (bicyclic) bond motifs is 1. The second-order valence-electron chi connectivity index (χ2n) is 5.38. The summed E-state index contributed by atoms with van der Waals surface area (Å²) in [5, 5.41) is 21.2. The molecule has 0 spiro atoms. The number of rotatable bonds is 4. The Kier molecular flexibility index (Phi) is 3.72. The Balaban J connectivity index is 1.96. The molecule has 3 rings (SSSR count). The summed E-state index contributed by atoms with van der Waals surface area (Å²) in [6.45, 7) is 0.377. The number of nitrogens with zero attached hydrogens (tertiary/aromatic N) is 2. The molecule has 1 fully saturated rings. The fourth-order valence-electron chi connectivity index (χ4n) is 3.00. The number of benzene rings is 1. The molecule has 0 aliphatic carbocycles.